The fourth-order valence-electron chi connectivity index (χ4n) is 4.66. The number of aromatic amines is 1. The van der Waals surface area contributed by atoms with Crippen LogP contribution in [0.5, 0.6) is 0 Å². The van der Waals surface area contributed by atoms with Gasteiger partial charge >= 0.3 is 6.18 Å². The Labute approximate surface area is 198 Å². The van der Waals surface area contributed by atoms with Gasteiger partial charge in [0.25, 0.3) is 5.91 Å². The van der Waals surface area contributed by atoms with Crippen LogP contribution < -0.4 is 10.6 Å². The zero-order valence-electron chi connectivity index (χ0n) is 18.0. The highest BCUT2D eigenvalue weighted by molar-refractivity contribution is 6.31. The second-order valence-corrected chi connectivity index (χ2v) is 9.08. The summed E-state index contributed by atoms with van der Waals surface area (Å²) in [5.74, 6) is -0.163. The number of fused-ring (bicyclic) bond motifs is 2. The number of alkyl halides is 3. The smallest absolute Gasteiger partial charge is 0.382 e. The van der Waals surface area contributed by atoms with Crippen molar-refractivity contribution in [2.75, 3.05) is 5.32 Å². The molecule has 2 atom stereocenters. The fraction of sp³-hybridized carbons (Fsp3) is 0.280. The molecule has 3 N–H and O–H groups in total. The van der Waals surface area contributed by atoms with E-state index >= 15 is 0 Å². The van der Waals surface area contributed by atoms with Gasteiger partial charge in [0.2, 0.25) is 0 Å². The number of hydrogen-bond donors (Lipinski definition) is 3. The Morgan fingerprint density at radius 1 is 1.06 bits per heavy atom. The lowest BCUT2D eigenvalue weighted by Gasteiger charge is -2.31. The Balaban J connectivity index is 1.35. The molecule has 1 saturated carbocycles. The van der Waals surface area contributed by atoms with Crippen molar-refractivity contribution in [2.24, 2.45) is 0 Å². The van der Waals surface area contributed by atoms with E-state index in [2.05, 4.69) is 20.6 Å². The van der Waals surface area contributed by atoms with Gasteiger partial charge < -0.3 is 15.6 Å². The van der Waals surface area contributed by atoms with Gasteiger partial charge in [0.05, 0.1) is 11.1 Å². The van der Waals surface area contributed by atoms with Crippen LogP contribution in [0, 0.1) is 0 Å². The summed E-state index contributed by atoms with van der Waals surface area (Å²) in [6.45, 7) is 0. The molecule has 2 heterocycles. The van der Waals surface area contributed by atoms with E-state index in [1.54, 1.807) is 12.3 Å². The maximum absolute atomic E-state index is 13.4. The number of H-pyrrole nitrogens is 1. The summed E-state index contributed by atoms with van der Waals surface area (Å²) in [5, 5.41) is 8.18. The van der Waals surface area contributed by atoms with Crippen molar-refractivity contribution < 1.29 is 18.0 Å². The lowest BCUT2D eigenvalue weighted by Crippen LogP contribution is -2.41. The maximum Gasteiger partial charge on any atom is 0.433 e. The Bertz CT molecular complexity index is 1370. The summed E-state index contributed by atoms with van der Waals surface area (Å²) in [5.41, 5.74) is 1.08. The summed E-state index contributed by atoms with van der Waals surface area (Å²) in [7, 11) is 0. The van der Waals surface area contributed by atoms with Gasteiger partial charge in [-0.05, 0) is 56.0 Å². The quantitative estimate of drug-likeness (QED) is 0.306. The summed E-state index contributed by atoms with van der Waals surface area (Å²) in [4.78, 5) is 19.8. The van der Waals surface area contributed by atoms with E-state index in [0.717, 1.165) is 36.2 Å². The van der Waals surface area contributed by atoms with E-state index in [1.165, 1.54) is 12.1 Å². The SMILES string of the molecule is O=C(N[C@@H]1CCC[C@H](Nc2cc(C(F)(F)F)nc3ccc(Cl)cc23)C1)c1c[nH]c2ccccc12. The number of hydrogen-bond acceptors (Lipinski definition) is 3. The van der Waals surface area contributed by atoms with Gasteiger partial charge in [-0.25, -0.2) is 4.98 Å². The molecule has 0 unspecified atom stereocenters. The number of nitrogens with zero attached hydrogens (tertiary/aromatic N) is 1. The molecule has 4 aromatic rings. The third-order valence-corrected chi connectivity index (χ3v) is 6.50. The van der Waals surface area contributed by atoms with Gasteiger partial charge in [-0.1, -0.05) is 29.8 Å². The van der Waals surface area contributed by atoms with Gasteiger partial charge in [-0.3, -0.25) is 4.79 Å². The number of rotatable bonds is 4. The first-order valence-electron chi connectivity index (χ1n) is 11.1. The Hall–Kier alpha value is -3.26. The van der Waals surface area contributed by atoms with Crippen LogP contribution in [0.2, 0.25) is 5.02 Å². The number of aromatic nitrogens is 2. The van der Waals surface area contributed by atoms with Crippen molar-refractivity contribution in [3.8, 4) is 0 Å². The number of halogens is 4. The lowest BCUT2D eigenvalue weighted by molar-refractivity contribution is -0.140. The Kier molecular flexibility index (Phi) is 5.85. The van der Waals surface area contributed by atoms with Crippen molar-refractivity contribution in [2.45, 2.75) is 43.9 Å². The summed E-state index contributed by atoms with van der Waals surface area (Å²) in [6.07, 6.45) is 0.164. The molecule has 1 amide bonds. The molecule has 5 rings (SSSR count). The van der Waals surface area contributed by atoms with Crippen LogP contribution in [-0.4, -0.2) is 28.0 Å². The highest BCUT2D eigenvalue weighted by atomic mass is 35.5. The molecular weight excluding hydrogens is 465 g/mol. The molecule has 0 saturated heterocycles. The zero-order chi connectivity index (χ0) is 23.9. The van der Waals surface area contributed by atoms with Crippen molar-refractivity contribution in [1.29, 1.82) is 0 Å². The molecule has 1 aliphatic carbocycles. The molecule has 0 spiro atoms. The third kappa shape index (κ3) is 4.55. The first-order valence-corrected chi connectivity index (χ1v) is 11.5. The number of para-hydroxylation sites is 1. The highest BCUT2D eigenvalue weighted by Crippen LogP contribution is 2.35. The fourth-order valence-corrected chi connectivity index (χ4v) is 4.83. The van der Waals surface area contributed by atoms with E-state index in [-0.39, 0.29) is 23.5 Å². The van der Waals surface area contributed by atoms with Crippen LogP contribution in [0.3, 0.4) is 0 Å². The van der Waals surface area contributed by atoms with Crippen LogP contribution in [0.15, 0.2) is 54.7 Å². The van der Waals surface area contributed by atoms with E-state index in [9.17, 15) is 18.0 Å². The minimum Gasteiger partial charge on any atom is -0.382 e. The minimum absolute atomic E-state index is 0.0915. The maximum atomic E-state index is 13.4. The summed E-state index contributed by atoms with van der Waals surface area (Å²) >= 11 is 6.11. The molecule has 0 aliphatic heterocycles. The Morgan fingerprint density at radius 3 is 2.68 bits per heavy atom. The molecular formula is C25H22ClF3N4O. The van der Waals surface area contributed by atoms with Gasteiger partial charge in [0.1, 0.15) is 5.69 Å². The normalized spacial score (nSPS) is 18.8. The molecule has 5 nitrogen and oxygen atoms in total. The molecule has 0 bridgehead atoms. The minimum atomic E-state index is -4.56. The van der Waals surface area contributed by atoms with Crippen molar-refractivity contribution in [1.82, 2.24) is 15.3 Å². The second-order valence-electron chi connectivity index (χ2n) is 8.64. The van der Waals surface area contributed by atoms with Gasteiger partial charge in [0.15, 0.2) is 0 Å². The van der Waals surface area contributed by atoms with Crippen LogP contribution in [0.25, 0.3) is 21.8 Å². The molecule has 34 heavy (non-hydrogen) atoms. The van der Waals surface area contributed by atoms with E-state index < -0.39 is 11.9 Å². The number of carbonyl (C=O) groups is 1. The average molecular weight is 487 g/mol. The monoisotopic (exact) mass is 486 g/mol. The third-order valence-electron chi connectivity index (χ3n) is 6.26. The van der Waals surface area contributed by atoms with Crippen molar-refractivity contribution in [3.05, 3.63) is 71.0 Å². The largest absolute Gasteiger partial charge is 0.433 e. The van der Waals surface area contributed by atoms with Gasteiger partial charge in [0, 0.05) is 45.3 Å². The number of benzene rings is 2. The van der Waals surface area contributed by atoms with Gasteiger partial charge in [-0.15, -0.1) is 0 Å². The summed E-state index contributed by atoms with van der Waals surface area (Å²) in [6, 6.07) is 13.1. The van der Waals surface area contributed by atoms with Gasteiger partial charge in [-0.2, -0.15) is 13.2 Å². The lowest BCUT2D eigenvalue weighted by atomic mass is 9.90. The molecule has 0 radical (unpaired) electrons. The number of nitrogens with one attached hydrogen (secondary N) is 3. The van der Waals surface area contributed by atoms with Crippen LogP contribution in [0.4, 0.5) is 18.9 Å². The van der Waals surface area contributed by atoms with E-state index in [4.69, 9.17) is 11.6 Å². The number of amides is 1. The molecule has 176 valence electrons. The second kappa shape index (κ2) is 8.83. The first-order chi connectivity index (χ1) is 16.3. The molecule has 1 fully saturated rings. The Morgan fingerprint density at radius 2 is 1.85 bits per heavy atom. The standard InChI is InChI=1S/C25H22ClF3N4O/c26-14-8-9-21-18(10-14)22(12-23(33-21)25(27,28)29)31-15-4-3-5-16(11-15)32-24(34)19-13-30-20-7-2-1-6-17(19)20/h1-2,6-10,12-13,15-16,30H,3-5,11H2,(H,31,33)(H,32,34)/t15-,16+/m0/s1. The van der Waals surface area contributed by atoms with Crippen molar-refractivity contribution in [3.63, 3.8) is 0 Å². The first kappa shape index (κ1) is 22.5. The highest BCUT2D eigenvalue weighted by Gasteiger charge is 2.34. The molecule has 1 aliphatic rings. The molecule has 2 aromatic carbocycles. The topological polar surface area (TPSA) is 69.8 Å². The predicted octanol–water partition coefficient (Wildman–Crippen LogP) is 6.54. The average Bonchev–Trinajstić information content (AvgIpc) is 3.23. The number of anilines is 1. The van der Waals surface area contributed by atoms with Crippen LogP contribution in [0.1, 0.15) is 41.7 Å². The van der Waals surface area contributed by atoms with E-state index in [1.807, 2.05) is 24.3 Å². The predicted molar refractivity (Wildman–Crippen MR) is 127 cm³/mol. The summed E-state index contributed by atoms with van der Waals surface area (Å²) < 4.78 is 40.3. The van der Waals surface area contributed by atoms with Crippen molar-refractivity contribution >= 4 is 45.0 Å². The molecule has 2 aromatic heterocycles. The van der Waals surface area contributed by atoms with Crippen LogP contribution in [-0.2, 0) is 6.18 Å². The molecule has 9 heteroatoms. The van der Waals surface area contributed by atoms with Crippen LogP contribution >= 0.6 is 11.6 Å². The number of carbonyl (C=O) groups excluding carboxylic acids is 1. The zero-order valence-corrected chi connectivity index (χ0v) is 18.8. The van der Waals surface area contributed by atoms with E-state index in [0.29, 0.717) is 28.1 Å². The number of pyridine rings is 1.